The lowest BCUT2D eigenvalue weighted by atomic mass is 10.1. The molecule has 20 heavy (non-hydrogen) atoms. The quantitative estimate of drug-likeness (QED) is 0.594. The summed E-state index contributed by atoms with van der Waals surface area (Å²) in [6, 6.07) is 7.80. The Bertz CT molecular complexity index is 644. The highest BCUT2D eigenvalue weighted by Gasteiger charge is 2.11. The molecule has 2 aromatic rings. The summed E-state index contributed by atoms with van der Waals surface area (Å²) >= 11 is 1.89. The summed E-state index contributed by atoms with van der Waals surface area (Å²) in [4.78, 5) is 0. The zero-order valence-electron chi connectivity index (χ0n) is 11.2. The van der Waals surface area contributed by atoms with Crippen LogP contribution in [0.15, 0.2) is 30.3 Å². The van der Waals surface area contributed by atoms with Gasteiger partial charge in [-0.25, -0.2) is 8.78 Å². The maximum atomic E-state index is 13.6. The molecule has 0 saturated heterocycles. The molecule has 0 heterocycles. The topological polar surface area (TPSA) is 38.0 Å². The van der Waals surface area contributed by atoms with Crippen LogP contribution in [0.3, 0.4) is 0 Å². The number of benzene rings is 2. The van der Waals surface area contributed by atoms with Crippen molar-refractivity contribution in [3.63, 3.8) is 0 Å². The van der Waals surface area contributed by atoms with E-state index in [1.807, 2.05) is 35.6 Å². The van der Waals surface area contributed by atoms with Crippen molar-refractivity contribution in [2.45, 2.75) is 19.9 Å². The summed E-state index contributed by atoms with van der Waals surface area (Å²) < 4.78 is 27.6. The highest BCUT2D eigenvalue weighted by Crippen LogP contribution is 2.28. The minimum atomic E-state index is -0.329. The number of anilines is 2. The van der Waals surface area contributed by atoms with Crippen molar-refractivity contribution in [2.24, 2.45) is 0 Å². The third kappa shape index (κ3) is 3.20. The van der Waals surface area contributed by atoms with Crippen LogP contribution in [0.2, 0.25) is 0 Å². The van der Waals surface area contributed by atoms with Crippen LogP contribution in [-0.4, -0.2) is 0 Å². The molecule has 106 valence electrons. The predicted molar refractivity (Wildman–Crippen MR) is 86.7 cm³/mol. The molecule has 0 amide bonds. The second kappa shape index (κ2) is 5.95. The third-order valence-electron chi connectivity index (χ3n) is 3.16. The van der Waals surface area contributed by atoms with Gasteiger partial charge in [-0.3, -0.25) is 0 Å². The molecule has 0 radical (unpaired) electrons. The van der Waals surface area contributed by atoms with Gasteiger partial charge in [-0.15, -0.1) is 0 Å². The zero-order chi connectivity index (χ0) is 14.9. The summed E-state index contributed by atoms with van der Waals surface area (Å²) in [5.74, 6) is -0.581. The van der Waals surface area contributed by atoms with Crippen molar-refractivity contribution in [1.82, 2.24) is 0 Å². The molecule has 3 N–H and O–H groups in total. The Kier molecular flexibility index (Phi) is 4.47. The van der Waals surface area contributed by atoms with Crippen LogP contribution < -0.4 is 11.1 Å². The molecular weight excluding hydrogens is 373 g/mol. The molecule has 0 bridgehead atoms. The van der Waals surface area contributed by atoms with E-state index in [1.165, 1.54) is 12.1 Å². The second-order valence-corrected chi connectivity index (χ2v) is 5.89. The van der Waals surface area contributed by atoms with Crippen LogP contribution in [0, 0.1) is 22.1 Å². The summed E-state index contributed by atoms with van der Waals surface area (Å²) in [7, 11) is 0. The fraction of sp³-hybridized carbons (Fsp3) is 0.200. The van der Waals surface area contributed by atoms with Crippen LogP contribution >= 0.6 is 22.6 Å². The molecule has 2 nitrogen and oxygen atoms in total. The predicted octanol–water partition coefficient (Wildman–Crippen LogP) is 4.63. The number of hydrogen-bond donors (Lipinski definition) is 2. The fourth-order valence-corrected chi connectivity index (χ4v) is 2.37. The van der Waals surface area contributed by atoms with Gasteiger partial charge in [0.15, 0.2) is 0 Å². The lowest BCUT2D eigenvalue weighted by molar-refractivity contribution is 0.614. The molecule has 0 saturated carbocycles. The van der Waals surface area contributed by atoms with E-state index in [9.17, 15) is 8.78 Å². The number of aryl methyl sites for hydroxylation is 1. The Balaban J connectivity index is 2.25. The molecular formula is C15H15F2IN2. The lowest BCUT2D eigenvalue weighted by Gasteiger charge is -2.18. The van der Waals surface area contributed by atoms with E-state index < -0.39 is 0 Å². The molecule has 0 aliphatic heterocycles. The highest BCUT2D eigenvalue weighted by atomic mass is 127. The van der Waals surface area contributed by atoms with Gasteiger partial charge in [0.1, 0.15) is 11.6 Å². The molecule has 2 aromatic carbocycles. The highest BCUT2D eigenvalue weighted by molar-refractivity contribution is 14.1. The van der Waals surface area contributed by atoms with Gasteiger partial charge < -0.3 is 11.1 Å². The second-order valence-electron chi connectivity index (χ2n) is 4.73. The average Bonchev–Trinajstić information content (AvgIpc) is 2.39. The molecule has 2 rings (SSSR count). The summed E-state index contributed by atoms with van der Waals surface area (Å²) in [5.41, 5.74) is 8.22. The van der Waals surface area contributed by atoms with Crippen molar-refractivity contribution in [3.8, 4) is 0 Å². The Morgan fingerprint density at radius 1 is 1.15 bits per heavy atom. The fourth-order valence-electron chi connectivity index (χ4n) is 1.88. The van der Waals surface area contributed by atoms with E-state index in [2.05, 4.69) is 5.32 Å². The van der Waals surface area contributed by atoms with Crippen molar-refractivity contribution >= 4 is 34.0 Å². The van der Waals surface area contributed by atoms with E-state index in [0.29, 0.717) is 20.5 Å². The first-order valence-electron chi connectivity index (χ1n) is 6.15. The van der Waals surface area contributed by atoms with Crippen LogP contribution in [-0.2, 0) is 0 Å². The standard InChI is InChI=1S/C15H15F2IN2/c1-8-3-4-10(5-11(8)16)9(2)20-15-6-12(17)13(18)7-14(15)19/h3-7,9,20H,19H2,1-2H3. The molecule has 1 atom stereocenters. The maximum absolute atomic E-state index is 13.6. The molecule has 1 unspecified atom stereocenters. The van der Waals surface area contributed by atoms with E-state index >= 15 is 0 Å². The smallest absolute Gasteiger partial charge is 0.138 e. The van der Waals surface area contributed by atoms with Crippen LogP contribution in [0.25, 0.3) is 0 Å². The summed E-state index contributed by atoms with van der Waals surface area (Å²) in [5, 5.41) is 3.11. The normalized spacial score (nSPS) is 12.2. The summed E-state index contributed by atoms with van der Waals surface area (Å²) in [6.07, 6.45) is 0. The van der Waals surface area contributed by atoms with Crippen LogP contribution in [0.5, 0.6) is 0 Å². The van der Waals surface area contributed by atoms with Gasteiger partial charge in [-0.1, -0.05) is 12.1 Å². The third-order valence-corrected chi connectivity index (χ3v) is 3.99. The lowest BCUT2D eigenvalue weighted by Crippen LogP contribution is -2.09. The Hall–Kier alpha value is -1.37. The monoisotopic (exact) mass is 388 g/mol. The molecule has 0 fully saturated rings. The van der Waals surface area contributed by atoms with E-state index in [4.69, 9.17) is 5.73 Å². The Morgan fingerprint density at radius 3 is 2.50 bits per heavy atom. The first kappa shape index (κ1) is 15.0. The summed E-state index contributed by atoms with van der Waals surface area (Å²) in [6.45, 7) is 3.59. The van der Waals surface area contributed by atoms with E-state index in [1.54, 1.807) is 19.1 Å². The zero-order valence-corrected chi connectivity index (χ0v) is 13.3. The van der Waals surface area contributed by atoms with Gasteiger partial charge in [-0.05, 0) is 59.7 Å². The number of nitrogens with one attached hydrogen (secondary N) is 1. The van der Waals surface area contributed by atoms with Gasteiger partial charge in [0.25, 0.3) is 0 Å². The molecule has 0 aliphatic rings. The van der Waals surface area contributed by atoms with Gasteiger partial charge in [0, 0.05) is 12.1 Å². The number of nitrogens with two attached hydrogens (primary N) is 1. The van der Waals surface area contributed by atoms with Gasteiger partial charge in [-0.2, -0.15) is 0 Å². The number of rotatable bonds is 3. The van der Waals surface area contributed by atoms with E-state index in [0.717, 1.165) is 5.56 Å². The Morgan fingerprint density at radius 2 is 1.85 bits per heavy atom. The number of halogens is 3. The largest absolute Gasteiger partial charge is 0.397 e. The van der Waals surface area contributed by atoms with Gasteiger partial charge in [0.2, 0.25) is 0 Å². The molecule has 5 heteroatoms. The number of hydrogen-bond acceptors (Lipinski definition) is 2. The SMILES string of the molecule is Cc1ccc(C(C)Nc2cc(F)c(I)cc2N)cc1F. The Labute approximate surface area is 130 Å². The van der Waals surface area contributed by atoms with E-state index in [-0.39, 0.29) is 17.7 Å². The molecule has 0 spiro atoms. The maximum Gasteiger partial charge on any atom is 0.138 e. The average molecular weight is 388 g/mol. The first-order chi connectivity index (χ1) is 9.38. The number of nitrogen functional groups attached to an aromatic ring is 1. The molecule has 0 aliphatic carbocycles. The van der Waals surface area contributed by atoms with Gasteiger partial charge in [0.05, 0.1) is 14.9 Å². The van der Waals surface area contributed by atoms with Crippen LogP contribution in [0.1, 0.15) is 24.1 Å². The minimum absolute atomic E-state index is 0.174. The first-order valence-corrected chi connectivity index (χ1v) is 7.23. The van der Waals surface area contributed by atoms with Crippen molar-refractivity contribution in [1.29, 1.82) is 0 Å². The van der Waals surface area contributed by atoms with Crippen molar-refractivity contribution in [3.05, 3.63) is 56.7 Å². The van der Waals surface area contributed by atoms with Crippen molar-refractivity contribution in [2.75, 3.05) is 11.1 Å². The van der Waals surface area contributed by atoms with Crippen molar-refractivity contribution < 1.29 is 8.78 Å². The van der Waals surface area contributed by atoms with Crippen LogP contribution in [0.4, 0.5) is 20.2 Å². The van der Waals surface area contributed by atoms with Gasteiger partial charge >= 0.3 is 0 Å². The molecule has 0 aromatic heterocycles. The minimum Gasteiger partial charge on any atom is -0.397 e.